The van der Waals surface area contributed by atoms with E-state index >= 15 is 0 Å². The van der Waals surface area contributed by atoms with Gasteiger partial charge in [0.15, 0.2) is 0 Å². The van der Waals surface area contributed by atoms with E-state index in [0.29, 0.717) is 0 Å². The van der Waals surface area contributed by atoms with Crippen molar-refractivity contribution >= 4 is 11.4 Å². The van der Waals surface area contributed by atoms with Crippen LogP contribution in [0.15, 0.2) is 18.2 Å². The van der Waals surface area contributed by atoms with Gasteiger partial charge in [0, 0.05) is 37.6 Å². The molecule has 2 rings (SSSR count). The molecule has 1 heterocycles. The lowest BCUT2D eigenvalue weighted by Gasteiger charge is -2.34. The Bertz CT molecular complexity index is 341. The van der Waals surface area contributed by atoms with E-state index in [2.05, 4.69) is 35.9 Å². The average Bonchev–Trinajstić information content (AvgIpc) is 2.23. The Hall–Kier alpha value is -1.22. The molecule has 3 heteroatoms. The van der Waals surface area contributed by atoms with Crippen LogP contribution in [0.2, 0.25) is 0 Å². The van der Waals surface area contributed by atoms with Crippen LogP contribution in [0.1, 0.15) is 5.56 Å². The Morgan fingerprint density at radius 2 is 1.80 bits per heavy atom. The molecule has 0 atom stereocenters. The first-order valence-corrected chi connectivity index (χ1v) is 5.46. The van der Waals surface area contributed by atoms with Crippen LogP contribution in [0.3, 0.4) is 0 Å². The molecule has 1 aromatic rings. The van der Waals surface area contributed by atoms with E-state index in [9.17, 15) is 0 Å². The molecule has 0 unspecified atom stereocenters. The van der Waals surface area contributed by atoms with E-state index in [1.54, 1.807) is 0 Å². The molecular formula is C12H19N3. The zero-order valence-corrected chi connectivity index (χ0v) is 9.53. The molecule has 1 fully saturated rings. The average molecular weight is 205 g/mol. The summed E-state index contributed by atoms with van der Waals surface area (Å²) in [5.74, 6) is 0. The molecule has 2 N–H and O–H groups in total. The summed E-state index contributed by atoms with van der Waals surface area (Å²) < 4.78 is 0. The van der Waals surface area contributed by atoms with Gasteiger partial charge < -0.3 is 15.5 Å². The number of hydrogen-bond acceptors (Lipinski definition) is 3. The lowest BCUT2D eigenvalue weighted by molar-refractivity contribution is 0.313. The van der Waals surface area contributed by atoms with Gasteiger partial charge in [0.1, 0.15) is 0 Å². The van der Waals surface area contributed by atoms with Gasteiger partial charge in [-0.05, 0) is 37.7 Å². The number of anilines is 2. The maximum Gasteiger partial charge on any atom is 0.0371 e. The molecule has 0 radical (unpaired) electrons. The Morgan fingerprint density at radius 1 is 1.13 bits per heavy atom. The monoisotopic (exact) mass is 205 g/mol. The number of nitrogens with zero attached hydrogens (tertiary/aromatic N) is 2. The highest BCUT2D eigenvalue weighted by Crippen LogP contribution is 2.21. The molecule has 0 amide bonds. The lowest BCUT2D eigenvalue weighted by atomic mass is 10.1. The zero-order valence-electron chi connectivity index (χ0n) is 9.53. The van der Waals surface area contributed by atoms with Crippen molar-refractivity contribution in [2.24, 2.45) is 0 Å². The van der Waals surface area contributed by atoms with Crippen LogP contribution in [-0.4, -0.2) is 38.1 Å². The van der Waals surface area contributed by atoms with Gasteiger partial charge in [-0.1, -0.05) is 0 Å². The highest BCUT2D eigenvalue weighted by Gasteiger charge is 2.14. The van der Waals surface area contributed by atoms with E-state index < -0.39 is 0 Å². The van der Waals surface area contributed by atoms with Gasteiger partial charge in [0.2, 0.25) is 0 Å². The second-order valence-corrected chi connectivity index (χ2v) is 4.33. The Labute approximate surface area is 91.5 Å². The smallest absolute Gasteiger partial charge is 0.0371 e. The maximum absolute atomic E-state index is 5.81. The topological polar surface area (TPSA) is 32.5 Å². The van der Waals surface area contributed by atoms with Crippen molar-refractivity contribution < 1.29 is 0 Å². The van der Waals surface area contributed by atoms with E-state index in [1.165, 1.54) is 11.3 Å². The first-order valence-electron chi connectivity index (χ1n) is 5.46. The second-order valence-electron chi connectivity index (χ2n) is 4.33. The molecular weight excluding hydrogens is 186 g/mol. The van der Waals surface area contributed by atoms with Crippen molar-refractivity contribution in [3.05, 3.63) is 23.8 Å². The second kappa shape index (κ2) is 4.11. The number of benzene rings is 1. The lowest BCUT2D eigenvalue weighted by Crippen LogP contribution is -2.44. The van der Waals surface area contributed by atoms with Gasteiger partial charge in [0.05, 0.1) is 0 Å². The fourth-order valence-electron chi connectivity index (χ4n) is 1.92. The van der Waals surface area contributed by atoms with E-state index in [4.69, 9.17) is 5.73 Å². The van der Waals surface area contributed by atoms with Gasteiger partial charge in [-0.15, -0.1) is 0 Å². The molecule has 0 aromatic heterocycles. The molecule has 82 valence electrons. The van der Waals surface area contributed by atoms with E-state index in [1.807, 2.05) is 6.07 Å². The van der Waals surface area contributed by atoms with Crippen LogP contribution in [-0.2, 0) is 0 Å². The molecule has 1 aliphatic heterocycles. The SMILES string of the molecule is Cc1cc(N2CCN(C)CC2)ccc1N. The highest BCUT2D eigenvalue weighted by molar-refractivity contribution is 5.58. The molecule has 1 saturated heterocycles. The molecule has 0 saturated carbocycles. The van der Waals surface area contributed by atoms with Gasteiger partial charge in [0.25, 0.3) is 0 Å². The summed E-state index contributed by atoms with van der Waals surface area (Å²) in [6.07, 6.45) is 0. The van der Waals surface area contributed by atoms with Crippen molar-refractivity contribution in [3.8, 4) is 0 Å². The van der Waals surface area contributed by atoms with Crippen molar-refractivity contribution in [3.63, 3.8) is 0 Å². The fourth-order valence-corrected chi connectivity index (χ4v) is 1.92. The summed E-state index contributed by atoms with van der Waals surface area (Å²) in [4.78, 5) is 4.78. The van der Waals surface area contributed by atoms with Crippen LogP contribution in [0.25, 0.3) is 0 Å². The first kappa shape index (κ1) is 10.3. The summed E-state index contributed by atoms with van der Waals surface area (Å²) >= 11 is 0. The van der Waals surface area contributed by atoms with Crippen LogP contribution in [0.5, 0.6) is 0 Å². The molecule has 0 aliphatic carbocycles. The highest BCUT2D eigenvalue weighted by atomic mass is 15.2. The third-order valence-electron chi connectivity index (χ3n) is 3.12. The predicted molar refractivity (Wildman–Crippen MR) is 65.3 cm³/mol. The maximum atomic E-state index is 5.81. The zero-order chi connectivity index (χ0) is 10.8. The normalized spacial score (nSPS) is 18.1. The first-order chi connectivity index (χ1) is 7.16. The summed E-state index contributed by atoms with van der Waals surface area (Å²) in [6, 6.07) is 6.30. The van der Waals surface area contributed by atoms with Crippen molar-refractivity contribution in [1.82, 2.24) is 4.90 Å². The van der Waals surface area contributed by atoms with Crippen LogP contribution >= 0.6 is 0 Å². The minimum absolute atomic E-state index is 0.882. The Balaban J connectivity index is 2.12. The molecule has 0 spiro atoms. The third-order valence-corrected chi connectivity index (χ3v) is 3.12. The number of nitrogen functional groups attached to an aromatic ring is 1. The van der Waals surface area contributed by atoms with Crippen molar-refractivity contribution in [2.75, 3.05) is 43.9 Å². The molecule has 0 bridgehead atoms. The largest absolute Gasteiger partial charge is 0.399 e. The summed E-state index contributed by atoms with van der Waals surface area (Å²) in [6.45, 7) is 6.57. The number of nitrogens with two attached hydrogens (primary N) is 1. The predicted octanol–water partition coefficient (Wildman–Crippen LogP) is 1.33. The van der Waals surface area contributed by atoms with E-state index in [-0.39, 0.29) is 0 Å². The fraction of sp³-hybridized carbons (Fsp3) is 0.500. The minimum atomic E-state index is 0.882. The summed E-state index contributed by atoms with van der Waals surface area (Å²) in [5, 5.41) is 0. The van der Waals surface area contributed by atoms with Gasteiger partial charge in [-0.2, -0.15) is 0 Å². The number of piperazine rings is 1. The van der Waals surface area contributed by atoms with Crippen LogP contribution in [0, 0.1) is 6.92 Å². The molecule has 1 aromatic carbocycles. The Kier molecular flexibility index (Phi) is 2.82. The summed E-state index contributed by atoms with van der Waals surface area (Å²) in [7, 11) is 2.17. The minimum Gasteiger partial charge on any atom is -0.399 e. The van der Waals surface area contributed by atoms with Crippen molar-refractivity contribution in [1.29, 1.82) is 0 Å². The molecule has 1 aliphatic rings. The third kappa shape index (κ3) is 2.23. The van der Waals surface area contributed by atoms with Crippen LogP contribution < -0.4 is 10.6 Å². The van der Waals surface area contributed by atoms with Crippen molar-refractivity contribution in [2.45, 2.75) is 6.92 Å². The van der Waals surface area contributed by atoms with Crippen LogP contribution in [0.4, 0.5) is 11.4 Å². The Morgan fingerprint density at radius 3 is 2.40 bits per heavy atom. The number of likely N-dealkylation sites (N-methyl/N-ethyl adjacent to an activating group) is 1. The number of rotatable bonds is 1. The van der Waals surface area contributed by atoms with Gasteiger partial charge >= 0.3 is 0 Å². The number of aryl methyl sites for hydroxylation is 1. The van der Waals surface area contributed by atoms with Gasteiger partial charge in [-0.25, -0.2) is 0 Å². The quantitative estimate of drug-likeness (QED) is 0.702. The van der Waals surface area contributed by atoms with Gasteiger partial charge in [-0.3, -0.25) is 0 Å². The number of hydrogen-bond donors (Lipinski definition) is 1. The molecule has 3 nitrogen and oxygen atoms in total. The standard InChI is InChI=1S/C12H19N3/c1-10-9-11(3-4-12(10)13)15-7-5-14(2)6-8-15/h3-4,9H,5-8,13H2,1-2H3. The van der Waals surface area contributed by atoms with E-state index in [0.717, 1.165) is 31.9 Å². The summed E-state index contributed by atoms with van der Waals surface area (Å²) in [5.41, 5.74) is 9.17. The molecule has 15 heavy (non-hydrogen) atoms.